The molecule has 0 unspecified atom stereocenters. The van der Waals surface area contributed by atoms with E-state index in [1.165, 1.54) is 5.56 Å². The van der Waals surface area contributed by atoms with Crippen molar-refractivity contribution >= 4 is 15.9 Å². The van der Waals surface area contributed by atoms with Crippen LogP contribution in [0.4, 0.5) is 0 Å². The van der Waals surface area contributed by atoms with Crippen LogP contribution >= 0.6 is 15.9 Å². The lowest BCUT2D eigenvalue weighted by atomic mass is 9.82. The topological polar surface area (TPSA) is 30.5 Å². The molecule has 19 heavy (non-hydrogen) atoms. The fraction of sp³-hybridized carbons (Fsp3) is 0.600. The Bertz CT molecular complexity index is 444. The minimum absolute atomic E-state index is 0.0369. The van der Waals surface area contributed by atoms with Gasteiger partial charge in [-0.05, 0) is 31.0 Å². The molecule has 0 saturated carbocycles. The number of methoxy groups -OCH3 is 2. The molecule has 0 radical (unpaired) electrons. The zero-order valence-electron chi connectivity index (χ0n) is 12.7. The van der Waals surface area contributed by atoms with Crippen molar-refractivity contribution in [2.24, 2.45) is 0 Å². The first-order chi connectivity index (χ1) is 8.88. The Morgan fingerprint density at radius 3 is 2.26 bits per heavy atom. The molecule has 0 spiro atoms. The summed E-state index contributed by atoms with van der Waals surface area (Å²) in [6, 6.07) is 2.09. The first-order valence-corrected chi connectivity index (χ1v) is 7.50. The van der Waals surface area contributed by atoms with Gasteiger partial charge in [0.1, 0.15) is 11.5 Å². The van der Waals surface area contributed by atoms with E-state index in [-0.39, 0.29) is 5.41 Å². The van der Waals surface area contributed by atoms with Crippen LogP contribution < -0.4 is 14.8 Å². The van der Waals surface area contributed by atoms with Gasteiger partial charge in [-0.15, -0.1) is 0 Å². The van der Waals surface area contributed by atoms with Crippen LogP contribution in [0.3, 0.4) is 0 Å². The lowest BCUT2D eigenvalue weighted by molar-refractivity contribution is 0.375. The maximum atomic E-state index is 5.63. The summed E-state index contributed by atoms with van der Waals surface area (Å²) >= 11 is 3.40. The summed E-state index contributed by atoms with van der Waals surface area (Å²) in [5.74, 6) is 1.87. The highest BCUT2D eigenvalue weighted by Gasteiger charge is 2.27. The van der Waals surface area contributed by atoms with Crippen molar-refractivity contribution in [1.82, 2.24) is 5.32 Å². The Balaban J connectivity index is 3.36. The Morgan fingerprint density at radius 2 is 1.79 bits per heavy atom. The van der Waals surface area contributed by atoms with Crippen LogP contribution in [0.15, 0.2) is 6.07 Å². The van der Waals surface area contributed by atoms with Crippen molar-refractivity contribution in [3.05, 3.63) is 22.8 Å². The number of rotatable bonds is 6. The average Bonchev–Trinajstić information content (AvgIpc) is 2.39. The summed E-state index contributed by atoms with van der Waals surface area (Å²) in [4.78, 5) is 0. The van der Waals surface area contributed by atoms with E-state index in [1.54, 1.807) is 14.2 Å². The van der Waals surface area contributed by atoms with E-state index in [4.69, 9.17) is 9.47 Å². The molecule has 0 fully saturated rings. The predicted molar refractivity (Wildman–Crippen MR) is 83.8 cm³/mol. The molecule has 0 aliphatic carbocycles. The fourth-order valence-corrected chi connectivity index (χ4v) is 2.49. The molecule has 1 rings (SSSR count). The monoisotopic (exact) mass is 329 g/mol. The zero-order chi connectivity index (χ0) is 14.6. The third-order valence-electron chi connectivity index (χ3n) is 3.61. The number of hydrogen-bond acceptors (Lipinski definition) is 3. The second-order valence-electron chi connectivity index (χ2n) is 5.35. The molecule has 1 aromatic carbocycles. The van der Waals surface area contributed by atoms with Gasteiger partial charge in [-0.25, -0.2) is 0 Å². The molecular weight excluding hydrogens is 306 g/mol. The first kappa shape index (κ1) is 16.3. The number of hydrogen-bond donors (Lipinski definition) is 1. The zero-order valence-corrected chi connectivity index (χ0v) is 14.3. The van der Waals surface area contributed by atoms with Gasteiger partial charge in [-0.1, -0.05) is 29.8 Å². The Morgan fingerprint density at radius 1 is 1.16 bits per heavy atom. The lowest BCUT2D eigenvalue weighted by Gasteiger charge is -2.29. The molecule has 0 saturated heterocycles. The maximum Gasteiger partial charge on any atom is 0.126 e. The molecular formula is C15H24BrNO2. The van der Waals surface area contributed by atoms with Crippen LogP contribution in [-0.4, -0.2) is 26.2 Å². The van der Waals surface area contributed by atoms with Crippen LogP contribution in [0.5, 0.6) is 11.5 Å². The average molecular weight is 330 g/mol. The molecule has 0 bridgehead atoms. The van der Waals surface area contributed by atoms with Gasteiger partial charge in [-0.2, -0.15) is 0 Å². The minimum Gasteiger partial charge on any atom is -0.496 e. The van der Waals surface area contributed by atoms with E-state index in [0.29, 0.717) is 0 Å². The van der Waals surface area contributed by atoms with Gasteiger partial charge in [0.2, 0.25) is 0 Å². The van der Waals surface area contributed by atoms with Gasteiger partial charge < -0.3 is 14.8 Å². The summed E-state index contributed by atoms with van der Waals surface area (Å²) in [5, 5.41) is 3.33. The van der Waals surface area contributed by atoms with Gasteiger partial charge in [-0.3, -0.25) is 0 Å². The summed E-state index contributed by atoms with van der Waals surface area (Å²) in [7, 11) is 3.44. The maximum absolute atomic E-state index is 5.63. The summed E-state index contributed by atoms with van der Waals surface area (Å²) < 4.78 is 11.1. The molecule has 1 N–H and O–H groups in total. The van der Waals surface area contributed by atoms with Gasteiger partial charge in [0.15, 0.2) is 0 Å². The molecule has 0 heterocycles. The van der Waals surface area contributed by atoms with Crippen molar-refractivity contribution < 1.29 is 9.47 Å². The van der Waals surface area contributed by atoms with E-state index in [0.717, 1.165) is 34.6 Å². The lowest BCUT2D eigenvalue weighted by Crippen LogP contribution is -2.32. The number of alkyl halides is 1. The Kier molecular flexibility index (Phi) is 5.68. The van der Waals surface area contributed by atoms with Crippen molar-refractivity contribution in [3.63, 3.8) is 0 Å². The predicted octanol–water partition coefficient (Wildman–Crippen LogP) is 3.54. The van der Waals surface area contributed by atoms with Crippen LogP contribution in [0.1, 0.15) is 30.5 Å². The largest absolute Gasteiger partial charge is 0.496 e. The van der Waals surface area contributed by atoms with Crippen LogP contribution in [0.25, 0.3) is 0 Å². The van der Waals surface area contributed by atoms with E-state index < -0.39 is 0 Å². The second-order valence-corrected chi connectivity index (χ2v) is 5.91. The Labute approximate surface area is 124 Å². The van der Waals surface area contributed by atoms with E-state index in [9.17, 15) is 0 Å². The third-order valence-corrected chi connectivity index (χ3v) is 4.00. The summed E-state index contributed by atoms with van der Waals surface area (Å²) in [6.07, 6.45) is 0. The normalized spacial score (nSPS) is 11.5. The number of ether oxygens (including phenoxy) is 2. The molecule has 0 aliphatic heterocycles. The molecule has 1 aromatic rings. The van der Waals surface area contributed by atoms with Gasteiger partial charge in [0, 0.05) is 17.5 Å². The standard InChI is InChI=1S/C15H24BrNO2/c1-10-11(2)14(19-6)12(7-13(10)18-5)15(3,4)8-17-9-16/h7,17H,8-9H2,1-6H3. The van der Waals surface area contributed by atoms with Gasteiger partial charge >= 0.3 is 0 Å². The second kappa shape index (κ2) is 6.62. The number of nitrogens with one attached hydrogen (secondary N) is 1. The number of benzene rings is 1. The fourth-order valence-electron chi connectivity index (χ4n) is 2.29. The highest BCUT2D eigenvalue weighted by molar-refractivity contribution is 9.09. The molecule has 4 heteroatoms. The molecule has 108 valence electrons. The highest BCUT2D eigenvalue weighted by Crippen LogP contribution is 2.39. The molecule has 0 amide bonds. The van der Waals surface area contributed by atoms with Crippen molar-refractivity contribution in [3.8, 4) is 11.5 Å². The van der Waals surface area contributed by atoms with Crippen LogP contribution in [0.2, 0.25) is 0 Å². The summed E-state index contributed by atoms with van der Waals surface area (Å²) in [5.41, 5.74) is 4.19. The number of halogens is 1. The quantitative estimate of drug-likeness (QED) is 0.639. The van der Waals surface area contributed by atoms with E-state index >= 15 is 0 Å². The summed E-state index contributed by atoms with van der Waals surface area (Å²) in [6.45, 7) is 9.40. The van der Waals surface area contributed by atoms with Crippen molar-refractivity contribution in [1.29, 1.82) is 0 Å². The highest BCUT2D eigenvalue weighted by atomic mass is 79.9. The van der Waals surface area contributed by atoms with Crippen LogP contribution in [-0.2, 0) is 5.41 Å². The minimum atomic E-state index is -0.0369. The van der Waals surface area contributed by atoms with Gasteiger partial charge in [0.25, 0.3) is 0 Å². The van der Waals surface area contributed by atoms with Crippen LogP contribution in [0, 0.1) is 13.8 Å². The molecule has 0 atom stereocenters. The van der Waals surface area contributed by atoms with E-state index in [2.05, 4.69) is 55.0 Å². The smallest absolute Gasteiger partial charge is 0.126 e. The van der Waals surface area contributed by atoms with Crippen molar-refractivity contribution in [2.75, 3.05) is 26.2 Å². The third kappa shape index (κ3) is 3.42. The van der Waals surface area contributed by atoms with E-state index in [1.807, 2.05) is 0 Å². The first-order valence-electron chi connectivity index (χ1n) is 6.38. The Hall–Kier alpha value is -0.740. The molecule has 0 aromatic heterocycles. The van der Waals surface area contributed by atoms with Gasteiger partial charge in [0.05, 0.1) is 19.7 Å². The van der Waals surface area contributed by atoms with Crippen molar-refractivity contribution in [2.45, 2.75) is 33.1 Å². The molecule has 0 aliphatic rings. The molecule has 3 nitrogen and oxygen atoms in total. The SMILES string of the molecule is COc1cc(C(C)(C)CNCBr)c(OC)c(C)c1C.